The van der Waals surface area contributed by atoms with Gasteiger partial charge in [0.25, 0.3) is 0 Å². The minimum atomic E-state index is 0.323. The van der Waals surface area contributed by atoms with Crippen molar-refractivity contribution in [1.82, 2.24) is 9.97 Å². The standard InChI is InChI=1S/C14H24N4S/c1-5-6-7-8-18(10(2)3)14-16-11(4)9-12(17-14)13(15)19/h9-10H,5-8H2,1-4H3,(H2,15,19). The van der Waals surface area contributed by atoms with Crippen molar-refractivity contribution in [2.75, 3.05) is 11.4 Å². The summed E-state index contributed by atoms with van der Waals surface area (Å²) in [4.78, 5) is 11.5. The highest BCUT2D eigenvalue weighted by Crippen LogP contribution is 2.15. The molecule has 1 aromatic heterocycles. The molecule has 0 spiro atoms. The molecule has 0 aliphatic heterocycles. The third-order valence-electron chi connectivity index (χ3n) is 2.98. The van der Waals surface area contributed by atoms with Crippen molar-refractivity contribution < 1.29 is 0 Å². The topological polar surface area (TPSA) is 55.0 Å². The van der Waals surface area contributed by atoms with Crippen molar-refractivity contribution in [2.24, 2.45) is 5.73 Å². The fourth-order valence-electron chi connectivity index (χ4n) is 1.93. The van der Waals surface area contributed by atoms with E-state index in [0.717, 1.165) is 24.6 Å². The number of thiocarbonyl (C=S) groups is 1. The van der Waals surface area contributed by atoms with Gasteiger partial charge in [-0.1, -0.05) is 32.0 Å². The van der Waals surface area contributed by atoms with Crippen LogP contribution in [0.25, 0.3) is 0 Å². The van der Waals surface area contributed by atoms with Crippen LogP contribution in [0.2, 0.25) is 0 Å². The summed E-state index contributed by atoms with van der Waals surface area (Å²) < 4.78 is 0. The van der Waals surface area contributed by atoms with Gasteiger partial charge in [-0.2, -0.15) is 0 Å². The highest BCUT2D eigenvalue weighted by atomic mass is 32.1. The SMILES string of the molecule is CCCCCN(c1nc(C)cc(C(N)=S)n1)C(C)C. The maximum Gasteiger partial charge on any atom is 0.226 e. The van der Waals surface area contributed by atoms with E-state index in [1.165, 1.54) is 12.8 Å². The number of unbranched alkanes of at least 4 members (excludes halogenated alkanes) is 2. The molecule has 0 aliphatic carbocycles. The van der Waals surface area contributed by atoms with Crippen LogP contribution in [0.4, 0.5) is 5.95 Å². The van der Waals surface area contributed by atoms with Crippen LogP contribution in [-0.4, -0.2) is 27.5 Å². The molecule has 5 heteroatoms. The van der Waals surface area contributed by atoms with E-state index in [9.17, 15) is 0 Å². The second-order valence-corrected chi connectivity index (χ2v) is 5.49. The quantitative estimate of drug-likeness (QED) is 0.615. The minimum Gasteiger partial charge on any atom is -0.388 e. The molecular weight excluding hydrogens is 256 g/mol. The summed E-state index contributed by atoms with van der Waals surface area (Å²) in [6, 6.07) is 2.19. The van der Waals surface area contributed by atoms with E-state index in [0.29, 0.717) is 16.7 Å². The Hall–Kier alpha value is -1.23. The number of aryl methyl sites for hydroxylation is 1. The van der Waals surface area contributed by atoms with Crippen LogP contribution in [0.3, 0.4) is 0 Å². The molecule has 1 heterocycles. The number of rotatable bonds is 7. The summed E-state index contributed by atoms with van der Waals surface area (Å²) in [5, 5.41) is 0. The molecule has 0 atom stereocenters. The molecule has 0 aliphatic rings. The molecule has 0 radical (unpaired) electrons. The molecule has 4 nitrogen and oxygen atoms in total. The van der Waals surface area contributed by atoms with Crippen LogP contribution >= 0.6 is 12.2 Å². The van der Waals surface area contributed by atoms with E-state index in [1.54, 1.807) is 0 Å². The number of hydrogen-bond donors (Lipinski definition) is 1. The Morgan fingerprint density at radius 2 is 2.05 bits per heavy atom. The first-order valence-electron chi connectivity index (χ1n) is 6.87. The van der Waals surface area contributed by atoms with Crippen molar-refractivity contribution in [3.63, 3.8) is 0 Å². The Morgan fingerprint density at radius 3 is 2.58 bits per heavy atom. The Morgan fingerprint density at radius 1 is 1.37 bits per heavy atom. The first kappa shape index (κ1) is 15.8. The fraction of sp³-hybridized carbons (Fsp3) is 0.643. The molecule has 0 fully saturated rings. The Kier molecular flexibility index (Phi) is 6.15. The van der Waals surface area contributed by atoms with Crippen LogP contribution < -0.4 is 10.6 Å². The molecule has 0 saturated heterocycles. The van der Waals surface area contributed by atoms with Gasteiger partial charge in [-0.05, 0) is 33.3 Å². The molecule has 0 unspecified atom stereocenters. The van der Waals surface area contributed by atoms with E-state index in [-0.39, 0.29) is 0 Å². The zero-order valence-corrected chi connectivity index (χ0v) is 13.1. The Bertz CT molecular complexity index is 431. The van der Waals surface area contributed by atoms with Crippen molar-refractivity contribution in [3.8, 4) is 0 Å². The Labute approximate surface area is 121 Å². The first-order valence-corrected chi connectivity index (χ1v) is 7.28. The largest absolute Gasteiger partial charge is 0.388 e. The lowest BCUT2D eigenvalue weighted by molar-refractivity contribution is 0.611. The van der Waals surface area contributed by atoms with E-state index in [1.807, 2.05) is 13.0 Å². The summed E-state index contributed by atoms with van der Waals surface area (Å²) in [5.41, 5.74) is 7.22. The Balaban J connectivity index is 2.98. The molecular formula is C14H24N4S. The van der Waals surface area contributed by atoms with E-state index >= 15 is 0 Å². The lowest BCUT2D eigenvalue weighted by Gasteiger charge is -2.27. The average Bonchev–Trinajstić information content (AvgIpc) is 2.33. The predicted molar refractivity (Wildman–Crippen MR) is 84.7 cm³/mol. The number of nitrogens with zero attached hydrogens (tertiary/aromatic N) is 3. The number of anilines is 1. The first-order chi connectivity index (χ1) is 8.95. The van der Waals surface area contributed by atoms with Crippen LogP contribution in [-0.2, 0) is 0 Å². The number of nitrogens with two attached hydrogens (primary N) is 1. The fourth-order valence-corrected chi connectivity index (χ4v) is 2.03. The van der Waals surface area contributed by atoms with Gasteiger partial charge in [0.05, 0.1) is 0 Å². The summed E-state index contributed by atoms with van der Waals surface area (Å²) >= 11 is 5.01. The average molecular weight is 280 g/mol. The van der Waals surface area contributed by atoms with Gasteiger partial charge in [0, 0.05) is 18.3 Å². The second kappa shape index (κ2) is 7.38. The lowest BCUT2D eigenvalue weighted by Crippen LogP contribution is -2.34. The zero-order chi connectivity index (χ0) is 14.4. The van der Waals surface area contributed by atoms with Gasteiger partial charge in [-0.3, -0.25) is 0 Å². The van der Waals surface area contributed by atoms with Crippen molar-refractivity contribution >= 4 is 23.2 Å². The van der Waals surface area contributed by atoms with E-state index in [4.69, 9.17) is 18.0 Å². The molecule has 0 amide bonds. The molecule has 2 N–H and O–H groups in total. The van der Waals surface area contributed by atoms with Crippen molar-refractivity contribution in [3.05, 3.63) is 17.5 Å². The lowest BCUT2D eigenvalue weighted by atomic mass is 10.2. The zero-order valence-electron chi connectivity index (χ0n) is 12.3. The van der Waals surface area contributed by atoms with Gasteiger partial charge < -0.3 is 10.6 Å². The van der Waals surface area contributed by atoms with Crippen LogP contribution in [0, 0.1) is 6.92 Å². The third kappa shape index (κ3) is 4.74. The molecule has 0 aromatic carbocycles. The summed E-state index contributed by atoms with van der Waals surface area (Å²) in [7, 11) is 0. The van der Waals surface area contributed by atoms with E-state index < -0.39 is 0 Å². The van der Waals surface area contributed by atoms with Gasteiger partial charge in [0.15, 0.2) is 0 Å². The molecule has 1 rings (SSSR count). The summed E-state index contributed by atoms with van der Waals surface area (Å²) in [5.74, 6) is 0.730. The summed E-state index contributed by atoms with van der Waals surface area (Å²) in [6.07, 6.45) is 3.57. The number of hydrogen-bond acceptors (Lipinski definition) is 4. The highest BCUT2D eigenvalue weighted by Gasteiger charge is 2.15. The van der Waals surface area contributed by atoms with Gasteiger partial charge in [-0.15, -0.1) is 0 Å². The van der Waals surface area contributed by atoms with E-state index in [2.05, 4.69) is 35.6 Å². The highest BCUT2D eigenvalue weighted by molar-refractivity contribution is 7.80. The number of aromatic nitrogens is 2. The maximum atomic E-state index is 5.67. The molecule has 0 bridgehead atoms. The molecule has 19 heavy (non-hydrogen) atoms. The third-order valence-corrected chi connectivity index (χ3v) is 3.19. The van der Waals surface area contributed by atoms with Gasteiger partial charge >= 0.3 is 0 Å². The van der Waals surface area contributed by atoms with Crippen LogP contribution in [0.1, 0.15) is 51.4 Å². The normalized spacial score (nSPS) is 10.8. The van der Waals surface area contributed by atoms with Crippen molar-refractivity contribution in [1.29, 1.82) is 0 Å². The van der Waals surface area contributed by atoms with Gasteiger partial charge in [0.2, 0.25) is 5.95 Å². The summed E-state index contributed by atoms with van der Waals surface area (Å²) in [6.45, 7) is 9.41. The monoisotopic (exact) mass is 280 g/mol. The van der Waals surface area contributed by atoms with Crippen LogP contribution in [0.15, 0.2) is 6.07 Å². The maximum absolute atomic E-state index is 5.67. The smallest absolute Gasteiger partial charge is 0.226 e. The molecule has 106 valence electrons. The molecule has 0 saturated carbocycles. The second-order valence-electron chi connectivity index (χ2n) is 5.05. The predicted octanol–water partition coefficient (Wildman–Crippen LogP) is 2.82. The van der Waals surface area contributed by atoms with Gasteiger partial charge in [0.1, 0.15) is 10.7 Å². The van der Waals surface area contributed by atoms with Crippen molar-refractivity contribution in [2.45, 2.75) is 53.0 Å². The molecule has 1 aromatic rings. The minimum absolute atomic E-state index is 0.323. The van der Waals surface area contributed by atoms with Gasteiger partial charge in [-0.25, -0.2) is 9.97 Å². The van der Waals surface area contributed by atoms with Crippen LogP contribution in [0.5, 0.6) is 0 Å².